The maximum Gasteiger partial charge on any atom is 0.530 e. The van der Waals surface area contributed by atoms with Crippen LogP contribution < -0.4 is 4.52 Å². The first kappa shape index (κ1) is 15.6. The lowest BCUT2D eigenvalue weighted by atomic mass is 10.3. The van der Waals surface area contributed by atoms with Crippen LogP contribution in [0.25, 0.3) is 0 Å². The van der Waals surface area contributed by atoms with Gasteiger partial charge in [-0.15, -0.1) is 0 Å². The summed E-state index contributed by atoms with van der Waals surface area (Å²) in [7, 11) is -3.71. The van der Waals surface area contributed by atoms with E-state index in [0.717, 1.165) is 0 Å². The zero-order valence-corrected chi connectivity index (χ0v) is 11.8. The molecular weight excluding hydrogens is 273 g/mol. The van der Waals surface area contributed by atoms with Crippen molar-refractivity contribution in [2.75, 3.05) is 6.61 Å². The highest BCUT2D eigenvalue weighted by Gasteiger charge is 2.29. The molecule has 1 atom stereocenters. The monoisotopic (exact) mass is 289 g/mol. The van der Waals surface area contributed by atoms with Crippen LogP contribution in [0, 0.1) is 10.1 Å². The van der Waals surface area contributed by atoms with Gasteiger partial charge >= 0.3 is 7.82 Å². The molecule has 1 aromatic rings. The maximum atomic E-state index is 12.2. The highest BCUT2D eigenvalue weighted by atomic mass is 31.2. The largest absolute Gasteiger partial charge is 0.530 e. The van der Waals surface area contributed by atoms with Crippen molar-refractivity contribution in [1.29, 1.82) is 0 Å². The number of phosphoric ester groups is 1. The molecule has 0 aliphatic rings. The number of hydrogen-bond donors (Lipinski definition) is 0. The van der Waals surface area contributed by atoms with Crippen molar-refractivity contribution < 1.29 is 23.1 Å². The molecule has 0 N–H and O–H groups in total. The smallest absolute Gasteiger partial charge is 0.404 e. The average Bonchev–Trinajstić information content (AvgIpc) is 2.28. The zero-order chi connectivity index (χ0) is 14.5. The summed E-state index contributed by atoms with van der Waals surface area (Å²) in [4.78, 5) is 9.97. The third-order valence-electron chi connectivity index (χ3n) is 1.89. The van der Waals surface area contributed by atoms with Crippen molar-refractivity contribution in [2.24, 2.45) is 0 Å². The molecule has 0 aliphatic carbocycles. The summed E-state index contributed by atoms with van der Waals surface area (Å²) in [5.41, 5.74) is -0.0802. The predicted molar refractivity (Wildman–Crippen MR) is 69.2 cm³/mol. The van der Waals surface area contributed by atoms with E-state index in [1.54, 1.807) is 20.8 Å². The quantitative estimate of drug-likeness (QED) is 0.433. The van der Waals surface area contributed by atoms with Gasteiger partial charge in [0.15, 0.2) is 0 Å². The second-order valence-corrected chi connectivity index (χ2v) is 5.41. The van der Waals surface area contributed by atoms with Gasteiger partial charge in [0.2, 0.25) is 0 Å². The minimum absolute atomic E-state index is 0.0802. The van der Waals surface area contributed by atoms with Crippen molar-refractivity contribution in [1.82, 2.24) is 0 Å². The molecule has 1 aromatic carbocycles. The van der Waals surface area contributed by atoms with Crippen LogP contribution in [-0.4, -0.2) is 17.6 Å². The Kier molecular flexibility index (Phi) is 5.47. The van der Waals surface area contributed by atoms with Crippen LogP contribution in [0.3, 0.4) is 0 Å². The van der Waals surface area contributed by atoms with E-state index in [1.807, 2.05) is 0 Å². The van der Waals surface area contributed by atoms with Crippen LogP contribution in [0.4, 0.5) is 5.69 Å². The standard InChI is InChI=1S/C11H16NO6P/c1-4-16-19(15,17-9(2)3)18-11-7-5-10(6-8-11)12(13)14/h5-9H,4H2,1-3H3/t19-/m0/s1. The van der Waals surface area contributed by atoms with Gasteiger partial charge in [-0.25, -0.2) is 4.57 Å². The maximum absolute atomic E-state index is 12.2. The first-order chi connectivity index (χ1) is 8.86. The highest BCUT2D eigenvalue weighted by molar-refractivity contribution is 7.48. The van der Waals surface area contributed by atoms with Crippen LogP contribution in [0.1, 0.15) is 20.8 Å². The number of nitro benzene ring substituents is 1. The summed E-state index contributed by atoms with van der Waals surface area (Å²) in [5.74, 6) is 0.183. The van der Waals surface area contributed by atoms with Gasteiger partial charge in [0.05, 0.1) is 17.6 Å². The van der Waals surface area contributed by atoms with Gasteiger partial charge < -0.3 is 4.52 Å². The van der Waals surface area contributed by atoms with Gasteiger partial charge in [-0.1, -0.05) is 0 Å². The van der Waals surface area contributed by atoms with Crippen LogP contribution in [-0.2, 0) is 13.6 Å². The van der Waals surface area contributed by atoms with Gasteiger partial charge in [-0.05, 0) is 32.9 Å². The molecule has 0 saturated carbocycles. The minimum Gasteiger partial charge on any atom is -0.404 e. The number of nitro groups is 1. The molecule has 106 valence electrons. The highest BCUT2D eigenvalue weighted by Crippen LogP contribution is 2.50. The number of phosphoric acid groups is 1. The summed E-state index contributed by atoms with van der Waals surface area (Å²) >= 11 is 0. The van der Waals surface area contributed by atoms with Crippen molar-refractivity contribution in [2.45, 2.75) is 26.9 Å². The van der Waals surface area contributed by atoms with Crippen molar-refractivity contribution in [3.05, 3.63) is 34.4 Å². The Morgan fingerprint density at radius 1 is 1.32 bits per heavy atom. The normalized spacial score (nSPS) is 14.1. The fraction of sp³-hybridized carbons (Fsp3) is 0.455. The van der Waals surface area contributed by atoms with E-state index in [9.17, 15) is 14.7 Å². The van der Waals surface area contributed by atoms with E-state index in [1.165, 1.54) is 24.3 Å². The molecule has 0 spiro atoms. The van der Waals surface area contributed by atoms with Crippen LogP contribution >= 0.6 is 7.82 Å². The van der Waals surface area contributed by atoms with Gasteiger partial charge in [0.1, 0.15) is 5.75 Å². The summed E-state index contributed by atoms with van der Waals surface area (Å²) in [6.45, 7) is 5.22. The molecule has 0 bridgehead atoms. The topological polar surface area (TPSA) is 87.9 Å². The van der Waals surface area contributed by atoms with E-state index < -0.39 is 12.7 Å². The van der Waals surface area contributed by atoms with E-state index >= 15 is 0 Å². The van der Waals surface area contributed by atoms with Gasteiger partial charge in [-0.2, -0.15) is 0 Å². The minimum atomic E-state index is -3.71. The lowest BCUT2D eigenvalue weighted by molar-refractivity contribution is -0.384. The lowest BCUT2D eigenvalue weighted by Gasteiger charge is -2.19. The molecular formula is C11H16NO6P. The molecule has 0 aliphatic heterocycles. The van der Waals surface area contributed by atoms with Crippen molar-refractivity contribution in [3.63, 3.8) is 0 Å². The molecule has 19 heavy (non-hydrogen) atoms. The molecule has 1 rings (SSSR count). The third kappa shape index (κ3) is 4.98. The molecule has 0 unspecified atom stereocenters. The van der Waals surface area contributed by atoms with E-state index in [4.69, 9.17) is 13.6 Å². The van der Waals surface area contributed by atoms with Crippen LogP contribution in [0.2, 0.25) is 0 Å². The predicted octanol–water partition coefficient (Wildman–Crippen LogP) is 3.54. The number of non-ortho nitro benzene ring substituents is 1. The Morgan fingerprint density at radius 3 is 2.32 bits per heavy atom. The number of nitrogens with zero attached hydrogens (tertiary/aromatic N) is 1. The SMILES string of the molecule is CCO[P@](=O)(Oc1ccc([N+](=O)[O-])cc1)OC(C)C. The van der Waals surface area contributed by atoms with E-state index in [-0.39, 0.29) is 24.1 Å². The van der Waals surface area contributed by atoms with Gasteiger partial charge in [0, 0.05) is 12.1 Å². The van der Waals surface area contributed by atoms with Crippen molar-refractivity contribution >= 4 is 13.5 Å². The Morgan fingerprint density at radius 2 is 1.89 bits per heavy atom. The average molecular weight is 289 g/mol. The number of hydrogen-bond acceptors (Lipinski definition) is 6. The fourth-order valence-corrected chi connectivity index (χ4v) is 2.62. The van der Waals surface area contributed by atoms with E-state index in [2.05, 4.69) is 0 Å². The Hall–Kier alpha value is -1.43. The van der Waals surface area contributed by atoms with Gasteiger partial charge in [-0.3, -0.25) is 19.2 Å². The summed E-state index contributed by atoms with van der Waals surface area (Å²) in [6.07, 6.45) is -0.338. The molecule has 0 fully saturated rings. The molecule has 0 aromatic heterocycles. The number of rotatable bonds is 7. The number of benzene rings is 1. The van der Waals surface area contributed by atoms with Crippen LogP contribution in [0.15, 0.2) is 24.3 Å². The Labute approximate surface area is 111 Å². The first-order valence-electron chi connectivity index (χ1n) is 5.73. The van der Waals surface area contributed by atoms with Crippen molar-refractivity contribution in [3.8, 4) is 5.75 Å². The van der Waals surface area contributed by atoms with Crippen LogP contribution in [0.5, 0.6) is 5.75 Å². The third-order valence-corrected chi connectivity index (χ3v) is 3.58. The second kappa shape index (κ2) is 6.65. The van der Waals surface area contributed by atoms with Gasteiger partial charge in [0.25, 0.3) is 5.69 Å². The zero-order valence-electron chi connectivity index (χ0n) is 10.9. The fourth-order valence-electron chi connectivity index (χ4n) is 1.25. The Bertz CT molecular complexity index is 473. The summed E-state index contributed by atoms with van der Waals surface area (Å²) in [5, 5.41) is 10.5. The summed E-state index contributed by atoms with van der Waals surface area (Å²) < 4.78 is 27.5. The molecule has 0 amide bonds. The Balaban J connectivity index is 2.84. The summed E-state index contributed by atoms with van der Waals surface area (Å²) in [6, 6.07) is 5.18. The molecule has 0 radical (unpaired) electrons. The second-order valence-electron chi connectivity index (χ2n) is 3.86. The molecule has 8 heteroatoms. The molecule has 0 saturated heterocycles. The van der Waals surface area contributed by atoms with E-state index in [0.29, 0.717) is 0 Å². The lowest BCUT2D eigenvalue weighted by Crippen LogP contribution is -2.07. The molecule has 7 nitrogen and oxygen atoms in total. The first-order valence-corrected chi connectivity index (χ1v) is 7.19. The molecule has 0 heterocycles.